The number of aromatic nitrogens is 1. The van der Waals surface area contributed by atoms with Crippen LogP contribution in [-0.4, -0.2) is 5.48 Å². The first kappa shape index (κ1) is 16.6. The summed E-state index contributed by atoms with van der Waals surface area (Å²) >= 11 is 0. The Morgan fingerprint density at radius 3 is 2.20 bits per heavy atom. The van der Waals surface area contributed by atoms with E-state index in [-0.39, 0.29) is 22.5 Å². The Bertz CT molecular complexity index is 709. The molecule has 20 heavy (non-hydrogen) atoms. The van der Waals surface area contributed by atoms with E-state index in [1.54, 1.807) is 0 Å². The Labute approximate surface area is 130 Å². The van der Waals surface area contributed by atoms with Crippen LogP contribution in [0.4, 0.5) is 0 Å². The molecule has 106 valence electrons. The average molecular weight is 334 g/mol. The number of hydrogen-bond donors (Lipinski definition) is 0. The maximum Gasteiger partial charge on any atom is 0.213 e. The smallest absolute Gasteiger partial charge is 0.213 e. The minimum atomic E-state index is 0. The monoisotopic (exact) mass is 333 g/mol. The molecule has 0 aliphatic rings. The lowest BCUT2D eigenvalue weighted by atomic mass is 10.1. The zero-order valence-electron chi connectivity index (χ0n) is 11.8. The fourth-order valence-corrected chi connectivity index (χ4v) is 2.59. The van der Waals surface area contributed by atoms with Crippen molar-refractivity contribution >= 4 is 21.7 Å². The molecular weight excluding hydrogens is 314 g/mol. The summed E-state index contributed by atoms with van der Waals surface area (Å²) in [6.07, 6.45) is 2.28. The summed E-state index contributed by atoms with van der Waals surface area (Å²) in [4.78, 5) is 0. The van der Waals surface area contributed by atoms with Crippen LogP contribution in [0.25, 0.3) is 21.7 Å². The highest BCUT2D eigenvalue weighted by atomic mass is 79.9. The number of hydrogen-bond acceptors (Lipinski definition) is 0. The number of nitrogens with zero attached hydrogens (tertiary/aromatic N) is 1. The van der Waals surface area contributed by atoms with Crippen LogP contribution in [0.5, 0.6) is 0 Å². The Morgan fingerprint density at radius 2 is 1.50 bits per heavy atom. The highest BCUT2D eigenvalue weighted by molar-refractivity contribution is 6.03. The van der Waals surface area contributed by atoms with E-state index in [1.165, 1.54) is 21.7 Å². The predicted octanol–water partition coefficient (Wildman–Crippen LogP) is 0.116. The van der Waals surface area contributed by atoms with Gasteiger partial charge in [0.05, 0.1) is 5.39 Å². The van der Waals surface area contributed by atoms with Gasteiger partial charge in [-0.1, -0.05) is 44.2 Å². The maximum absolute atomic E-state index is 2.38. The summed E-state index contributed by atoms with van der Waals surface area (Å²) in [7, 11) is 0. The van der Waals surface area contributed by atoms with Gasteiger partial charge in [0.15, 0.2) is 12.7 Å². The number of halogens is 1. The van der Waals surface area contributed by atoms with E-state index in [4.69, 9.17) is 0 Å². The van der Waals surface area contributed by atoms with Crippen molar-refractivity contribution in [3.8, 4) is 0 Å². The van der Waals surface area contributed by atoms with Gasteiger partial charge in [-0.2, -0.15) is 4.57 Å². The second kappa shape index (κ2) is 6.82. The Balaban J connectivity index is 0.000001000. The average Bonchev–Trinajstić information content (AvgIpc) is 2.38. The van der Waals surface area contributed by atoms with Gasteiger partial charge in [-0.05, 0) is 12.1 Å². The fourth-order valence-electron chi connectivity index (χ4n) is 2.59. The van der Waals surface area contributed by atoms with Gasteiger partial charge in [0.1, 0.15) is 0 Å². The lowest BCUT2D eigenvalue weighted by molar-refractivity contribution is -0.675. The molecule has 0 aliphatic carbocycles. The van der Waals surface area contributed by atoms with Gasteiger partial charge < -0.3 is 22.5 Å². The molecule has 0 radical (unpaired) electrons. The molecule has 3 aromatic rings. The van der Waals surface area contributed by atoms with Gasteiger partial charge in [0, 0.05) is 22.8 Å². The van der Waals surface area contributed by atoms with E-state index >= 15 is 0 Å². The Morgan fingerprint density at radius 1 is 0.900 bits per heavy atom. The molecular formula is C17H20BrNO. The number of fused-ring (bicyclic) bond motifs is 3. The van der Waals surface area contributed by atoms with Gasteiger partial charge in [-0.15, -0.1) is 0 Å². The number of rotatable bonds is 2. The number of para-hydroxylation sites is 1. The summed E-state index contributed by atoms with van der Waals surface area (Å²) < 4.78 is 2.38. The van der Waals surface area contributed by atoms with Crippen molar-refractivity contribution in [1.29, 1.82) is 0 Å². The minimum absolute atomic E-state index is 0. The zero-order valence-corrected chi connectivity index (χ0v) is 13.4. The second-order valence-corrected chi connectivity index (χ2v) is 5.28. The standard InChI is InChI=1S/C17H18N.BrH.H2O/c1-13(2)11-18-12-14-7-3-4-8-15(14)16-9-5-6-10-17(16)18;;/h3-10,12-13H,11H2,1-2H3;1H;1H2/q+1;;/p-1. The predicted molar refractivity (Wildman–Crippen MR) is 80.1 cm³/mol. The molecule has 3 heteroatoms. The molecule has 2 N–H and O–H groups in total. The van der Waals surface area contributed by atoms with Gasteiger partial charge in [-0.25, -0.2) is 0 Å². The fraction of sp³-hybridized carbons (Fsp3) is 0.235. The van der Waals surface area contributed by atoms with Crippen LogP contribution in [0.2, 0.25) is 0 Å². The number of pyridine rings is 1. The highest BCUT2D eigenvalue weighted by Crippen LogP contribution is 2.22. The van der Waals surface area contributed by atoms with Crippen LogP contribution in [0.15, 0.2) is 54.7 Å². The lowest BCUT2D eigenvalue weighted by Crippen LogP contribution is -3.00. The summed E-state index contributed by atoms with van der Waals surface area (Å²) in [5, 5.41) is 4.00. The zero-order chi connectivity index (χ0) is 12.5. The van der Waals surface area contributed by atoms with Crippen molar-refractivity contribution in [3.05, 3.63) is 54.7 Å². The molecule has 2 aromatic carbocycles. The van der Waals surface area contributed by atoms with Crippen molar-refractivity contribution in [2.75, 3.05) is 0 Å². The highest BCUT2D eigenvalue weighted by Gasteiger charge is 2.13. The molecule has 0 spiro atoms. The lowest BCUT2D eigenvalue weighted by Gasteiger charge is -2.07. The van der Waals surface area contributed by atoms with Crippen LogP contribution >= 0.6 is 0 Å². The molecule has 0 bridgehead atoms. The van der Waals surface area contributed by atoms with Crippen molar-refractivity contribution in [1.82, 2.24) is 0 Å². The van der Waals surface area contributed by atoms with E-state index < -0.39 is 0 Å². The van der Waals surface area contributed by atoms with Gasteiger partial charge in [-0.3, -0.25) is 0 Å². The molecule has 0 unspecified atom stereocenters. The summed E-state index contributed by atoms with van der Waals surface area (Å²) in [5.41, 5.74) is 1.32. The quantitative estimate of drug-likeness (QED) is 0.471. The molecule has 0 amide bonds. The SMILES string of the molecule is CC(C)C[n+]1cc2ccccc2c2ccccc21.O.[Br-]. The van der Waals surface area contributed by atoms with Crippen LogP contribution in [0, 0.1) is 5.92 Å². The Hall–Kier alpha value is -1.45. The molecule has 2 nitrogen and oxygen atoms in total. The van der Waals surface area contributed by atoms with Gasteiger partial charge in [0.25, 0.3) is 0 Å². The van der Waals surface area contributed by atoms with Crippen LogP contribution in [0.1, 0.15) is 13.8 Å². The van der Waals surface area contributed by atoms with E-state index in [1.807, 2.05) is 0 Å². The van der Waals surface area contributed by atoms with Crippen molar-refractivity contribution in [2.45, 2.75) is 20.4 Å². The minimum Gasteiger partial charge on any atom is -1.00 e. The molecule has 0 atom stereocenters. The van der Waals surface area contributed by atoms with Crippen LogP contribution in [0.3, 0.4) is 0 Å². The van der Waals surface area contributed by atoms with Crippen LogP contribution in [-0.2, 0) is 6.54 Å². The molecule has 0 aliphatic heterocycles. The molecule has 0 saturated carbocycles. The molecule has 1 heterocycles. The third-order valence-electron chi connectivity index (χ3n) is 3.32. The Kier molecular flexibility index (Phi) is 5.66. The first-order valence-electron chi connectivity index (χ1n) is 6.55. The molecule has 0 saturated heterocycles. The van der Waals surface area contributed by atoms with Gasteiger partial charge >= 0.3 is 0 Å². The van der Waals surface area contributed by atoms with E-state index in [0.717, 1.165) is 6.54 Å². The van der Waals surface area contributed by atoms with E-state index in [9.17, 15) is 0 Å². The summed E-state index contributed by atoms with van der Waals surface area (Å²) in [6, 6.07) is 17.3. The van der Waals surface area contributed by atoms with Crippen molar-refractivity contribution in [2.24, 2.45) is 5.92 Å². The van der Waals surface area contributed by atoms with Crippen molar-refractivity contribution in [3.63, 3.8) is 0 Å². The largest absolute Gasteiger partial charge is 1.00 e. The van der Waals surface area contributed by atoms with Gasteiger partial charge in [0.2, 0.25) is 5.52 Å². The van der Waals surface area contributed by atoms with E-state index in [2.05, 4.69) is 73.1 Å². The third-order valence-corrected chi connectivity index (χ3v) is 3.32. The molecule has 0 fully saturated rings. The summed E-state index contributed by atoms with van der Waals surface area (Å²) in [5.74, 6) is 0.652. The maximum atomic E-state index is 2.38. The topological polar surface area (TPSA) is 35.4 Å². The van der Waals surface area contributed by atoms with Crippen molar-refractivity contribution < 1.29 is 27.0 Å². The van der Waals surface area contributed by atoms with Crippen LogP contribution < -0.4 is 21.5 Å². The first-order chi connectivity index (χ1) is 8.75. The normalized spacial score (nSPS) is 10.3. The number of benzene rings is 2. The van der Waals surface area contributed by atoms with E-state index in [0.29, 0.717) is 5.92 Å². The first-order valence-corrected chi connectivity index (χ1v) is 6.55. The third kappa shape index (κ3) is 3.00. The second-order valence-electron chi connectivity index (χ2n) is 5.28. The molecule has 1 aromatic heterocycles. The molecule has 3 rings (SSSR count). The summed E-state index contributed by atoms with van der Waals surface area (Å²) in [6.45, 7) is 5.58.